The lowest BCUT2D eigenvalue weighted by atomic mass is 9.96. The Morgan fingerprint density at radius 3 is 2.52 bits per heavy atom. The molecule has 5 nitrogen and oxygen atoms in total. The molecule has 0 unspecified atom stereocenters. The third-order valence-corrected chi connectivity index (χ3v) is 4.88. The largest absolute Gasteiger partial charge is 0.347 e. The van der Waals surface area contributed by atoms with Crippen molar-refractivity contribution in [1.29, 1.82) is 0 Å². The molecule has 0 bridgehead atoms. The summed E-state index contributed by atoms with van der Waals surface area (Å²) in [6.45, 7) is 9.48. The van der Waals surface area contributed by atoms with Crippen molar-refractivity contribution < 1.29 is 9.59 Å². The maximum atomic E-state index is 11.9. The van der Waals surface area contributed by atoms with Gasteiger partial charge in [-0.25, -0.2) is 4.98 Å². The predicted octanol–water partition coefficient (Wildman–Crippen LogP) is 3.59. The first-order chi connectivity index (χ1) is 10.7. The lowest BCUT2D eigenvalue weighted by Crippen LogP contribution is -2.39. The van der Waals surface area contributed by atoms with Crippen molar-refractivity contribution in [2.45, 2.75) is 34.6 Å². The Morgan fingerprint density at radius 1 is 1.26 bits per heavy atom. The molecular weight excluding hydrogens is 330 g/mol. The van der Waals surface area contributed by atoms with E-state index in [1.54, 1.807) is 32.1 Å². The van der Waals surface area contributed by atoms with Crippen molar-refractivity contribution in [3.8, 4) is 11.3 Å². The molecule has 23 heavy (non-hydrogen) atoms. The van der Waals surface area contributed by atoms with Crippen molar-refractivity contribution in [2.75, 3.05) is 11.9 Å². The van der Waals surface area contributed by atoms with Crippen LogP contribution in [0, 0.1) is 19.3 Å². The predicted molar refractivity (Wildman–Crippen MR) is 96.0 cm³/mol. The lowest BCUT2D eigenvalue weighted by Gasteiger charge is -2.17. The maximum Gasteiger partial charge on any atom is 0.245 e. The molecule has 2 aromatic rings. The van der Waals surface area contributed by atoms with E-state index in [9.17, 15) is 9.59 Å². The third kappa shape index (κ3) is 4.62. The second-order valence-corrected chi connectivity index (χ2v) is 8.66. The zero-order valence-electron chi connectivity index (χ0n) is 13.9. The minimum atomic E-state index is -0.511. The van der Waals surface area contributed by atoms with Crippen molar-refractivity contribution >= 4 is 39.6 Å². The second-order valence-electron chi connectivity index (χ2n) is 6.35. The van der Waals surface area contributed by atoms with Gasteiger partial charge in [0.2, 0.25) is 11.8 Å². The first-order valence-electron chi connectivity index (χ1n) is 7.28. The molecule has 0 saturated heterocycles. The van der Waals surface area contributed by atoms with Crippen LogP contribution in [0.1, 0.15) is 30.5 Å². The maximum absolute atomic E-state index is 11.9. The molecule has 7 heteroatoms. The van der Waals surface area contributed by atoms with Crippen LogP contribution in [0.2, 0.25) is 0 Å². The van der Waals surface area contributed by atoms with Crippen molar-refractivity contribution in [2.24, 2.45) is 5.41 Å². The topological polar surface area (TPSA) is 71.1 Å². The summed E-state index contributed by atoms with van der Waals surface area (Å²) in [6, 6.07) is 2.10. The number of thiazole rings is 1. The summed E-state index contributed by atoms with van der Waals surface area (Å²) in [5, 5.41) is 7.81. The minimum Gasteiger partial charge on any atom is -0.347 e. The van der Waals surface area contributed by atoms with Gasteiger partial charge in [0.1, 0.15) is 0 Å². The van der Waals surface area contributed by atoms with Crippen LogP contribution in [-0.2, 0) is 9.59 Å². The van der Waals surface area contributed by atoms with E-state index in [4.69, 9.17) is 0 Å². The molecule has 2 N–H and O–H groups in total. The molecule has 2 heterocycles. The molecule has 2 amide bonds. The number of hydrogen-bond donors (Lipinski definition) is 2. The first-order valence-corrected chi connectivity index (χ1v) is 8.97. The summed E-state index contributed by atoms with van der Waals surface area (Å²) in [7, 11) is 0. The Bertz CT molecular complexity index is 726. The van der Waals surface area contributed by atoms with Crippen LogP contribution in [0.3, 0.4) is 0 Å². The molecule has 2 rings (SSSR count). The molecule has 0 aromatic carbocycles. The molecule has 2 aromatic heterocycles. The van der Waals surface area contributed by atoms with Crippen molar-refractivity contribution in [3.63, 3.8) is 0 Å². The Hall–Kier alpha value is -1.73. The average molecular weight is 351 g/mol. The van der Waals surface area contributed by atoms with Gasteiger partial charge in [0.25, 0.3) is 0 Å². The standard InChI is InChI=1S/C16H21N3O2S2/c1-9-6-11(10(2)23-9)12-8-22-15(18-12)19-13(20)7-17-14(21)16(3,4)5/h6,8H,7H2,1-5H3,(H,17,21)(H,18,19,20). The Kier molecular flexibility index (Phi) is 5.21. The Labute approximate surface area is 144 Å². The van der Waals surface area contributed by atoms with Crippen LogP contribution < -0.4 is 10.6 Å². The number of carbonyl (C=O) groups is 2. The second kappa shape index (κ2) is 6.80. The van der Waals surface area contributed by atoms with Crippen LogP contribution >= 0.6 is 22.7 Å². The van der Waals surface area contributed by atoms with Gasteiger partial charge >= 0.3 is 0 Å². The van der Waals surface area contributed by atoms with E-state index >= 15 is 0 Å². The van der Waals surface area contributed by atoms with Crippen LogP contribution in [0.4, 0.5) is 5.13 Å². The van der Waals surface area contributed by atoms with E-state index in [1.807, 2.05) is 5.38 Å². The van der Waals surface area contributed by atoms with Crippen molar-refractivity contribution in [1.82, 2.24) is 10.3 Å². The minimum absolute atomic E-state index is 0.0540. The molecule has 124 valence electrons. The SMILES string of the molecule is Cc1cc(-c2csc(NC(=O)CNC(=O)C(C)(C)C)n2)c(C)s1. The van der Waals surface area contributed by atoms with Crippen LogP contribution in [0.5, 0.6) is 0 Å². The van der Waals surface area contributed by atoms with Crippen LogP contribution in [0.25, 0.3) is 11.3 Å². The smallest absolute Gasteiger partial charge is 0.245 e. The van der Waals surface area contributed by atoms with E-state index in [1.165, 1.54) is 21.1 Å². The van der Waals surface area contributed by atoms with Gasteiger partial charge in [-0.15, -0.1) is 22.7 Å². The Morgan fingerprint density at radius 2 is 1.96 bits per heavy atom. The van der Waals surface area contributed by atoms with E-state index < -0.39 is 5.41 Å². The quantitative estimate of drug-likeness (QED) is 0.884. The number of thiophene rings is 1. The molecule has 0 aliphatic rings. The summed E-state index contributed by atoms with van der Waals surface area (Å²) < 4.78 is 0. The van der Waals surface area contributed by atoms with Gasteiger partial charge in [-0.2, -0.15) is 0 Å². The number of carbonyl (C=O) groups excluding carboxylic acids is 2. The zero-order chi connectivity index (χ0) is 17.2. The van der Waals surface area contributed by atoms with Crippen LogP contribution in [0.15, 0.2) is 11.4 Å². The monoisotopic (exact) mass is 351 g/mol. The highest BCUT2D eigenvalue weighted by Crippen LogP contribution is 2.32. The number of anilines is 1. The van der Waals surface area contributed by atoms with Gasteiger partial charge < -0.3 is 10.6 Å². The van der Waals surface area contributed by atoms with Gasteiger partial charge in [0.05, 0.1) is 12.2 Å². The van der Waals surface area contributed by atoms with Gasteiger partial charge in [0, 0.05) is 26.1 Å². The van der Waals surface area contributed by atoms with Gasteiger partial charge in [0.15, 0.2) is 5.13 Å². The highest BCUT2D eigenvalue weighted by atomic mass is 32.1. The van der Waals surface area contributed by atoms with Gasteiger partial charge in [-0.3, -0.25) is 9.59 Å². The Balaban J connectivity index is 1.95. The number of amides is 2. The number of nitrogens with one attached hydrogen (secondary N) is 2. The normalized spacial score (nSPS) is 11.3. The molecule has 0 radical (unpaired) electrons. The third-order valence-electron chi connectivity index (χ3n) is 3.16. The number of hydrogen-bond acceptors (Lipinski definition) is 5. The summed E-state index contributed by atoms with van der Waals surface area (Å²) in [4.78, 5) is 30.6. The molecule has 0 saturated carbocycles. The highest BCUT2D eigenvalue weighted by Gasteiger charge is 2.21. The fourth-order valence-corrected chi connectivity index (χ4v) is 3.59. The number of aryl methyl sites for hydroxylation is 2. The average Bonchev–Trinajstić information content (AvgIpc) is 3.01. The van der Waals surface area contributed by atoms with Gasteiger partial charge in [-0.05, 0) is 19.9 Å². The molecule has 0 aliphatic carbocycles. The number of rotatable bonds is 4. The van der Waals surface area contributed by atoms with Crippen molar-refractivity contribution in [3.05, 3.63) is 21.2 Å². The number of aromatic nitrogens is 1. The van der Waals surface area contributed by atoms with E-state index in [0.717, 1.165) is 11.3 Å². The molecular formula is C16H21N3O2S2. The summed E-state index contributed by atoms with van der Waals surface area (Å²) in [5.74, 6) is -0.432. The molecule has 0 fully saturated rings. The summed E-state index contributed by atoms with van der Waals surface area (Å²) >= 11 is 3.11. The fraction of sp³-hybridized carbons (Fsp3) is 0.438. The van der Waals surface area contributed by atoms with E-state index in [2.05, 4.69) is 35.5 Å². The lowest BCUT2D eigenvalue weighted by molar-refractivity contribution is -0.130. The van der Waals surface area contributed by atoms with Gasteiger partial charge in [-0.1, -0.05) is 20.8 Å². The summed E-state index contributed by atoms with van der Waals surface area (Å²) in [6.07, 6.45) is 0. The van der Waals surface area contributed by atoms with Crippen LogP contribution in [-0.4, -0.2) is 23.3 Å². The highest BCUT2D eigenvalue weighted by molar-refractivity contribution is 7.14. The molecule has 0 aliphatic heterocycles. The van der Waals surface area contributed by atoms with E-state index in [-0.39, 0.29) is 18.4 Å². The first kappa shape index (κ1) is 17.6. The molecule has 0 spiro atoms. The fourth-order valence-electron chi connectivity index (χ4n) is 1.93. The molecule has 0 atom stereocenters. The zero-order valence-corrected chi connectivity index (χ0v) is 15.6. The number of nitrogens with zero attached hydrogens (tertiary/aromatic N) is 1. The van der Waals surface area contributed by atoms with E-state index in [0.29, 0.717) is 5.13 Å². The summed E-state index contributed by atoms with van der Waals surface area (Å²) in [5.41, 5.74) is 1.46.